The minimum Gasteiger partial charge on any atom is -0.354 e. The molecule has 2 amide bonds. The Morgan fingerprint density at radius 3 is 2.24 bits per heavy atom. The van der Waals surface area contributed by atoms with Gasteiger partial charge in [0, 0.05) is 13.1 Å². The van der Waals surface area contributed by atoms with Gasteiger partial charge in [0.15, 0.2) is 0 Å². The van der Waals surface area contributed by atoms with E-state index in [-0.39, 0.29) is 19.0 Å². The van der Waals surface area contributed by atoms with Crippen LogP contribution in [0.1, 0.15) is 43.4 Å². The van der Waals surface area contributed by atoms with E-state index >= 15 is 0 Å². The molecule has 2 rings (SSSR count). The van der Waals surface area contributed by atoms with Crippen LogP contribution in [0.25, 0.3) is 0 Å². The molecule has 0 aliphatic rings. The summed E-state index contributed by atoms with van der Waals surface area (Å²) in [7, 11) is -3.74. The Hall–Kier alpha value is -2.87. The first-order chi connectivity index (χ1) is 15.6. The number of carbonyl (C=O) groups is 2. The highest BCUT2D eigenvalue weighted by molar-refractivity contribution is 7.92. The summed E-state index contributed by atoms with van der Waals surface area (Å²) in [6.45, 7) is 7.90. The Morgan fingerprint density at radius 2 is 1.70 bits per heavy atom. The molecule has 2 aromatic rings. The lowest BCUT2D eigenvalue weighted by Gasteiger charge is -2.33. The molecule has 0 fully saturated rings. The SMILES string of the molecule is CCCNC(=O)[C@H](CC)N(Cc1ccccc1)C(=O)CN(c1ccc(C)cc1C)S(C)(=O)=O. The van der Waals surface area contributed by atoms with Crippen LogP contribution in [0.5, 0.6) is 0 Å². The van der Waals surface area contributed by atoms with Gasteiger partial charge in [-0.25, -0.2) is 8.42 Å². The zero-order chi connectivity index (χ0) is 24.6. The summed E-state index contributed by atoms with van der Waals surface area (Å²) in [5.41, 5.74) is 3.08. The molecule has 180 valence electrons. The zero-order valence-corrected chi connectivity index (χ0v) is 21.0. The molecule has 0 heterocycles. The molecule has 7 nitrogen and oxygen atoms in total. The second kappa shape index (κ2) is 11.8. The van der Waals surface area contributed by atoms with Gasteiger partial charge in [0.2, 0.25) is 21.8 Å². The Labute approximate surface area is 197 Å². The van der Waals surface area contributed by atoms with Crippen molar-refractivity contribution in [2.45, 2.75) is 53.1 Å². The monoisotopic (exact) mass is 473 g/mol. The highest BCUT2D eigenvalue weighted by Gasteiger charge is 2.31. The quantitative estimate of drug-likeness (QED) is 0.542. The van der Waals surface area contributed by atoms with Crippen LogP contribution in [0.15, 0.2) is 48.5 Å². The first-order valence-corrected chi connectivity index (χ1v) is 13.1. The van der Waals surface area contributed by atoms with E-state index in [2.05, 4.69) is 5.32 Å². The number of nitrogens with zero attached hydrogens (tertiary/aromatic N) is 2. The fourth-order valence-corrected chi connectivity index (χ4v) is 4.65. The molecule has 1 atom stereocenters. The summed E-state index contributed by atoms with van der Waals surface area (Å²) in [6.07, 6.45) is 2.28. The van der Waals surface area contributed by atoms with E-state index < -0.39 is 22.0 Å². The van der Waals surface area contributed by atoms with Crippen molar-refractivity contribution in [3.8, 4) is 0 Å². The van der Waals surface area contributed by atoms with Crippen LogP contribution in [-0.4, -0.2) is 50.5 Å². The van der Waals surface area contributed by atoms with Gasteiger partial charge in [0.25, 0.3) is 0 Å². The maximum Gasteiger partial charge on any atom is 0.244 e. The third kappa shape index (κ3) is 7.32. The Bertz CT molecular complexity index is 1050. The third-order valence-corrected chi connectivity index (χ3v) is 6.56. The maximum absolute atomic E-state index is 13.6. The summed E-state index contributed by atoms with van der Waals surface area (Å²) in [5, 5.41) is 2.87. The second-order valence-electron chi connectivity index (χ2n) is 8.28. The van der Waals surface area contributed by atoms with Crippen molar-refractivity contribution in [1.82, 2.24) is 10.2 Å². The molecule has 0 saturated carbocycles. The molecule has 1 N–H and O–H groups in total. The predicted octanol–water partition coefficient (Wildman–Crippen LogP) is 3.40. The largest absolute Gasteiger partial charge is 0.354 e. The topological polar surface area (TPSA) is 86.8 Å². The average molecular weight is 474 g/mol. The molecule has 0 spiro atoms. The molecule has 33 heavy (non-hydrogen) atoms. The number of carbonyl (C=O) groups excluding carboxylic acids is 2. The van der Waals surface area contributed by atoms with Gasteiger partial charge in [-0.1, -0.05) is 61.9 Å². The summed E-state index contributed by atoms with van der Waals surface area (Å²) in [6, 6.07) is 14.1. The van der Waals surface area contributed by atoms with E-state index in [9.17, 15) is 18.0 Å². The molecule has 0 aliphatic carbocycles. The van der Waals surface area contributed by atoms with Crippen molar-refractivity contribution in [3.05, 3.63) is 65.2 Å². The lowest BCUT2D eigenvalue weighted by Crippen LogP contribution is -2.52. The first-order valence-electron chi connectivity index (χ1n) is 11.2. The van der Waals surface area contributed by atoms with Crippen molar-refractivity contribution in [2.75, 3.05) is 23.7 Å². The van der Waals surface area contributed by atoms with Crippen molar-refractivity contribution >= 4 is 27.5 Å². The highest BCUT2D eigenvalue weighted by atomic mass is 32.2. The Morgan fingerprint density at radius 1 is 1.03 bits per heavy atom. The summed E-state index contributed by atoms with van der Waals surface area (Å²) >= 11 is 0. The fraction of sp³-hybridized carbons (Fsp3) is 0.440. The number of benzene rings is 2. The van der Waals surface area contributed by atoms with Gasteiger partial charge in [0.1, 0.15) is 12.6 Å². The number of nitrogens with one attached hydrogen (secondary N) is 1. The Balaban J connectivity index is 2.43. The van der Waals surface area contributed by atoms with Crippen LogP contribution < -0.4 is 9.62 Å². The molecule has 0 saturated heterocycles. The van der Waals surface area contributed by atoms with Crippen LogP contribution in [0.4, 0.5) is 5.69 Å². The van der Waals surface area contributed by atoms with E-state index in [1.54, 1.807) is 6.07 Å². The minimum absolute atomic E-state index is 0.211. The molecule has 8 heteroatoms. The van der Waals surface area contributed by atoms with Crippen molar-refractivity contribution < 1.29 is 18.0 Å². The Kier molecular flexibility index (Phi) is 9.46. The van der Waals surface area contributed by atoms with E-state index in [4.69, 9.17) is 0 Å². The summed E-state index contributed by atoms with van der Waals surface area (Å²) in [5.74, 6) is -0.663. The lowest BCUT2D eigenvalue weighted by molar-refractivity contribution is -0.140. The van der Waals surface area contributed by atoms with Crippen molar-refractivity contribution in [1.29, 1.82) is 0 Å². The van der Waals surface area contributed by atoms with Crippen molar-refractivity contribution in [3.63, 3.8) is 0 Å². The van der Waals surface area contributed by atoms with E-state index in [1.807, 2.05) is 70.2 Å². The standard InChI is InChI=1S/C25H35N3O4S/c1-6-15-26-25(30)22(7-2)27(17-21-11-9-8-10-12-21)24(29)18-28(33(5,31)32)23-14-13-19(3)16-20(23)4/h8-14,16,22H,6-7,15,17-18H2,1-5H3,(H,26,30)/t22-/m0/s1. The number of sulfonamides is 1. The smallest absolute Gasteiger partial charge is 0.244 e. The number of amides is 2. The molecule has 0 radical (unpaired) electrons. The van der Waals surface area contributed by atoms with Gasteiger partial charge in [-0.15, -0.1) is 0 Å². The molecule has 0 unspecified atom stereocenters. The highest BCUT2D eigenvalue weighted by Crippen LogP contribution is 2.24. The van der Waals surface area contributed by atoms with E-state index in [0.29, 0.717) is 18.7 Å². The minimum atomic E-state index is -3.74. The number of anilines is 1. The molecular formula is C25H35N3O4S. The summed E-state index contributed by atoms with van der Waals surface area (Å²) in [4.78, 5) is 27.9. The van der Waals surface area contributed by atoms with Gasteiger partial charge >= 0.3 is 0 Å². The fourth-order valence-electron chi connectivity index (χ4n) is 3.75. The van der Waals surface area contributed by atoms with Crippen LogP contribution in [0.2, 0.25) is 0 Å². The molecule has 0 bridgehead atoms. The van der Waals surface area contributed by atoms with Crippen LogP contribution >= 0.6 is 0 Å². The number of hydrogen-bond donors (Lipinski definition) is 1. The summed E-state index contributed by atoms with van der Waals surface area (Å²) < 4.78 is 26.5. The van der Waals surface area contributed by atoms with E-state index in [1.165, 1.54) is 4.90 Å². The molecular weight excluding hydrogens is 438 g/mol. The van der Waals surface area contributed by atoms with Crippen LogP contribution in [0, 0.1) is 13.8 Å². The lowest BCUT2D eigenvalue weighted by atomic mass is 10.1. The van der Waals surface area contributed by atoms with Crippen LogP contribution in [0.3, 0.4) is 0 Å². The van der Waals surface area contributed by atoms with E-state index in [0.717, 1.165) is 33.7 Å². The van der Waals surface area contributed by atoms with Crippen LogP contribution in [-0.2, 0) is 26.2 Å². The van der Waals surface area contributed by atoms with Gasteiger partial charge in [-0.2, -0.15) is 0 Å². The zero-order valence-electron chi connectivity index (χ0n) is 20.2. The number of aryl methyl sites for hydroxylation is 2. The molecule has 0 aliphatic heterocycles. The normalized spacial score (nSPS) is 12.2. The maximum atomic E-state index is 13.6. The molecule has 0 aromatic heterocycles. The van der Waals surface area contributed by atoms with Gasteiger partial charge < -0.3 is 10.2 Å². The molecule has 2 aromatic carbocycles. The van der Waals surface area contributed by atoms with Gasteiger partial charge in [-0.05, 0) is 43.9 Å². The predicted molar refractivity (Wildman–Crippen MR) is 132 cm³/mol. The van der Waals surface area contributed by atoms with Gasteiger partial charge in [-0.3, -0.25) is 13.9 Å². The number of hydrogen-bond acceptors (Lipinski definition) is 4. The van der Waals surface area contributed by atoms with Gasteiger partial charge in [0.05, 0.1) is 11.9 Å². The first kappa shape index (κ1) is 26.4. The van der Waals surface area contributed by atoms with Crippen molar-refractivity contribution in [2.24, 2.45) is 0 Å². The number of rotatable bonds is 11. The third-order valence-electron chi connectivity index (χ3n) is 5.43. The second-order valence-corrected chi connectivity index (χ2v) is 10.2. The average Bonchev–Trinajstić information content (AvgIpc) is 2.76.